The largest absolute Gasteiger partial charge is 0.313 e. The van der Waals surface area contributed by atoms with Crippen LogP contribution < -0.4 is 10.0 Å². The van der Waals surface area contributed by atoms with Crippen LogP contribution in [0.2, 0.25) is 5.02 Å². The first-order valence-corrected chi connectivity index (χ1v) is 7.41. The Bertz CT molecular complexity index is 508. The van der Waals surface area contributed by atoms with Gasteiger partial charge in [-0.05, 0) is 31.7 Å². The van der Waals surface area contributed by atoms with Crippen molar-refractivity contribution in [3.8, 4) is 0 Å². The fraction of sp³-hybridized carbons (Fsp3) is 0.455. The molecule has 0 saturated carbocycles. The maximum atomic E-state index is 13.5. The number of benzene rings is 1. The van der Waals surface area contributed by atoms with Crippen molar-refractivity contribution in [1.82, 2.24) is 10.0 Å². The molecule has 1 aromatic rings. The molecule has 0 aromatic heterocycles. The Hall–Kier alpha value is -0.690. The van der Waals surface area contributed by atoms with Gasteiger partial charge in [0, 0.05) is 17.6 Å². The van der Waals surface area contributed by atoms with Crippen LogP contribution in [0.15, 0.2) is 23.1 Å². The van der Waals surface area contributed by atoms with E-state index in [2.05, 4.69) is 10.0 Å². The minimum Gasteiger partial charge on any atom is -0.313 e. The Labute approximate surface area is 112 Å². The summed E-state index contributed by atoms with van der Waals surface area (Å²) in [5.74, 6) is -0.855. The van der Waals surface area contributed by atoms with Crippen LogP contribution in [0, 0.1) is 5.82 Å². The van der Waals surface area contributed by atoms with Crippen LogP contribution in [0.3, 0.4) is 0 Å². The second-order valence-electron chi connectivity index (χ2n) is 3.89. The van der Waals surface area contributed by atoms with Crippen LogP contribution in [0.5, 0.6) is 0 Å². The van der Waals surface area contributed by atoms with Crippen LogP contribution in [-0.2, 0) is 10.0 Å². The highest BCUT2D eigenvalue weighted by atomic mass is 35.5. The summed E-state index contributed by atoms with van der Waals surface area (Å²) in [6.45, 7) is 4.69. The summed E-state index contributed by atoms with van der Waals surface area (Å²) < 4.78 is 39.5. The standard InChI is InChI=1S/C11H16ClFN2O2S/c1-3-14-8(2)7-15-18(16,17)11-5-4-9(12)6-10(11)13/h4-6,8,14-15H,3,7H2,1-2H3/t8-/m1/s1. The molecule has 0 amide bonds. The first-order valence-electron chi connectivity index (χ1n) is 5.55. The van der Waals surface area contributed by atoms with Gasteiger partial charge in [0.1, 0.15) is 10.7 Å². The van der Waals surface area contributed by atoms with E-state index in [0.29, 0.717) is 0 Å². The second kappa shape index (κ2) is 6.47. The topological polar surface area (TPSA) is 58.2 Å². The molecule has 18 heavy (non-hydrogen) atoms. The summed E-state index contributed by atoms with van der Waals surface area (Å²) >= 11 is 5.57. The predicted molar refractivity (Wildman–Crippen MR) is 69.7 cm³/mol. The zero-order valence-corrected chi connectivity index (χ0v) is 11.8. The summed E-state index contributed by atoms with van der Waals surface area (Å²) in [6.07, 6.45) is 0. The van der Waals surface area contributed by atoms with Crippen LogP contribution in [0.25, 0.3) is 0 Å². The van der Waals surface area contributed by atoms with Gasteiger partial charge in [-0.1, -0.05) is 18.5 Å². The van der Waals surface area contributed by atoms with E-state index < -0.39 is 20.7 Å². The Balaban J connectivity index is 2.80. The quantitative estimate of drug-likeness (QED) is 0.840. The number of nitrogens with one attached hydrogen (secondary N) is 2. The Morgan fingerprint density at radius 1 is 1.44 bits per heavy atom. The van der Waals surface area contributed by atoms with Gasteiger partial charge in [-0.3, -0.25) is 0 Å². The van der Waals surface area contributed by atoms with Crippen molar-refractivity contribution in [1.29, 1.82) is 0 Å². The van der Waals surface area contributed by atoms with Crippen molar-refractivity contribution in [3.05, 3.63) is 29.0 Å². The molecule has 1 rings (SSSR count). The Kier molecular flexibility index (Phi) is 5.52. The number of likely N-dealkylation sites (N-methyl/N-ethyl adjacent to an activating group) is 1. The first-order chi connectivity index (χ1) is 8.36. The number of rotatable bonds is 6. The van der Waals surface area contributed by atoms with E-state index in [4.69, 9.17) is 11.6 Å². The van der Waals surface area contributed by atoms with Gasteiger partial charge in [-0.2, -0.15) is 0 Å². The third-order valence-corrected chi connectivity index (χ3v) is 4.01. The number of hydrogen-bond acceptors (Lipinski definition) is 3. The summed E-state index contributed by atoms with van der Waals surface area (Å²) in [4.78, 5) is -0.393. The maximum absolute atomic E-state index is 13.5. The third-order valence-electron chi connectivity index (χ3n) is 2.32. The summed E-state index contributed by atoms with van der Waals surface area (Å²) in [7, 11) is -3.84. The smallest absolute Gasteiger partial charge is 0.243 e. The van der Waals surface area contributed by atoms with E-state index >= 15 is 0 Å². The van der Waals surface area contributed by atoms with Crippen molar-refractivity contribution < 1.29 is 12.8 Å². The van der Waals surface area contributed by atoms with E-state index in [9.17, 15) is 12.8 Å². The normalized spacial score (nSPS) is 13.6. The van der Waals surface area contributed by atoms with Crippen molar-refractivity contribution in [2.45, 2.75) is 24.8 Å². The van der Waals surface area contributed by atoms with E-state index in [1.807, 2.05) is 13.8 Å². The van der Waals surface area contributed by atoms with Gasteiger partial charge in [0.05, 0.1) is 0 Å². The minimum atomic E-state index is -3.84. The van der Waals surface area contributed by atoms with Crippen molar-refractivity contribution >= 4 is 21.6 Å². The van der Waals surface area contributed by atoms with E-state index in [1.165, 1.54) is 6.07 Å². The second-order valence-corrected chi connectivity index (χ2v) is 6.06. The monoisotopic (exact) mass is 294 g/mol. The minimum absolute atomic E-state index is 0.0277. The molecule has 1 atom stereocenters. The van der Waals surface area contributed by atoms with Crippen LogP contribution in [0.4, 0.5) is 4.39 Å². The van der Waals surface area contributed by atoms with Gasteiger partial charge in [-0.15, -0.1) is 0 Å². The van der Waals surface area contributed by atoms with Gasteiger partial charge in [-0.25, -0.2) is 17.5 Å². The van der Waals surface area contributed by atoms with Gasteiger partial charge < -0.3 is 5.32 Å². The van der Waals surface area contributed by atoms with Gasteiger partial charge in [0.25, 0.3) is 0 Å². The highest BCUT2D eigenvalue weighted by Crippen LogP contribution is 2.18. The summed E-state index contributed by atoms with van der Waals surface area (Å²) in [5, 5.41) is 3.21. The third kappa shape index (κ3) is 4.20. The fourth-order valence-corrected chi connectivity index (χ4v) is 2.77. The molecular weight excluding hydrogens is 279 g/mol. The molecule has 0 saturated heterocycles. The highest BCUT2D eigenvalue weighted by molar-refractivity contribution is 7.89. The SMILES string of the molecule is CCN[C@H](C)CNS(=O)(=O)c1ccc(Cl)cc1F. The summed E-state index contributed by atoms with van der Waals surface area (Å²) in [6, 6.07) is 3.44. The van der Waals surface area contributed by atoms with Crippen molar-refractivity contribution in [2.24, 2.45) is 0 Å². The molecule has 4 nitrogen and oxygen atoms in total. The molecule has 1 aromatic carbocycles. The van der Waals surface area contributed by atoms with Crippen molar-refractivity contribution in [3.63, 3.8) is 0 Å². The molecule has 0 bridgehead atoms. The molecule has 0 radical (unpaired) electrons. The molecule has 0 aliphatic carbocycles. The average molecular weight is 295 g/mol. The lowest BCUT2D eigenvalue weighted by Crippen LogP contribution is -2.39. The molecule has 7 heteroatoms. The lowest BCUT2D eigenvalue weighted by atomic mass is 10.3. The lowest BCUT2D eigenvalue weighted by molar-refractivity contribution is 0.528. The van der Waals surface area contributed by atoms with Crippen LogP contribution in [0.1, 0.15) is 13.8 Å². The number of halogens is 2. The van der Waals surface area contributed by atoms with Crippen LogP contribution in [-0.4, -0.2) is 27.5 Å². The number of sulfonamides is 1. The Morgan fingerprint density at radius 2 is 2.11 bits per heavy atom. The number of hydrogen-bond donors (Lipinski definition) is 2. The first kappa shape index (κ1) is 15.4. The van der Waals surface area contributed by atoms with Gasteiger partial charge in [0.15, 0.2) is 0 Å². The molecule has 0 unspecified atom stereocenters. The Morgan fingerprint density at radius 3 is 2.67 bits per heavy atom. The molecule has 0 aliphatic rings. The van der Waals surface area contributed by atoms with E-state index in [-0.39, 0.29) is 17.6 Å². The van der Waals surface area contributed by atoms with E-state index in [0.717, 1.165) is 18.7 Å². The molecule has 2 N–H and O–H groups in total. The molecule has 102 valence electrons. The predicted octanol–water partition coefficient (Wildman–Crippen LogP) is 1.76. The molecule has 0 fully saturated rings. The molecule has 0 aliphatic heterocycles. The fourth-order valence-electron chi connectivity index (χ4n) is 1.43. The molecule has 0 spiro atoms. The lowest BCUT2D eigenvalue weighted by Gasteiger charge is -2.13. The van der Waals surface area contributed by atoms with Gasteiger partial charge >= 0.3 is 0 Å². The zero-order valence-electron chi connectivity index (χ0n) is 10.2. The molecular formula is C11H16ClFN2O2S. The highest BCUT2D eigenvalue weighted by Gasteiger charge is 2.19. The zero-order chi connectivity index (χ0) is 13.8. The van der Waals surface area contributed by atoms with E-state index in [1.54, 1.807) is 0 Å². The maximum Gasteiger partial charge on any atom is 0.243 e. The average Bonchev–Trinajstić information content (AvgIpc) is 2.26. The molecule has 0 heterocycles. The van der Waals surface area contributed by atoms with Crippen molar-refractivity contribution in [2.75, 3.05) is 13.1 Å². The van der Waals surface area contributed by atoms with Crippen LogP contribution >= 0.6 is 11.6 Å². The van der Waals surface area contributed by atoms with Gasteiger partial charge in [0.2, 0.25) is 10.0 Å². The summed E-state index contributed by atoms with van der Waals surface area (Å²) in [5.41, 5.74) is 0.